The van der Waals surface area contributed by atoms with E-state index in [4.69, 9.17) is 4.74 Å². The van der Waals surface area contributed by atoms with Crippen LogP contribution in [-0.2, 0) is 11.3 Å². The molecule has 0 saturated heterocycles. The number of halogens is 3. The van der Waals surface area contributed by atoms with Gasteiger partial charge in [0, 0.05) is 6.20 Å². The van der Waals surface area contributed by atoms with E-state index in [-0.39, 0.29) is 5.69 Å². The van der Waals surface area contributed by atoms with Crippen LogP contribution in [0.25, 0.3) is 0 Å². The number of rotatable bonds is 2. The van der Waals surface area contributed by atoms with Crippen molar-refractivity contribution < 1.29 is 22.7 Å². The van der Waals surface area contributed by atoms with Crippen molar-refractivity contribution in [2.24, 2.45) is 0 Å². The van der Waals surface area contributed by atoms with Crippen LogP contribution in [0.3, 0.4) is 0 Å². The van der Waals surface area contributed by atoms with E-state index in [9.17, 15) is 18.0 Å². The molecule has 0 aromatic carbocycles. The van der Waals surface area contributed by atoms with Crippen molar-refractivity contribution in [3.8, 4) is 0 Å². The van der Waals surface area contributed by atoms with Crippen LogP contribution in [0.5, 0.6) is 0 Å². The second-order valence-electron chi connectivity index (χ2n) is 4.64. The molecule has 0 aliphatic rings. The van der Waals surface area contributed by atoms with Gasteiger partial charge in [0.15, 0.2) is 0 Å². The molecule has 0 unspecified atom stereocenters. The van der Waals surface area contributed by atoms with E-state index in [1.165, 1.54) is 18.3 Å². The third-order valence-electron chi connectivity index (χ3n) is 1.79. The van der Waals surface area contributed by atoms with Crippen LogP contribution in [0.15, 0.2) is 18.3 Å². The number of hydrogen-bond acceptors (Lipinski definition) is 2. The maximum Gasteiger partial charge on any atom is 0.406 e. The Labute approximate surface area is 97.2 Å². The number of carbonyl (C=O) groups excluding carboxylic acids is 1. The fraction of sp³-hybridized carbons (Fsp3) is 0.545. The van der Waals surface area contributed by atoms with Crippen molar-refractivity contribution in [2.75, 3.05) is 0 Å². The molecule has 0 saturated carbocycles. The van der Waals surface area contributed by atoms with Gasteiger partial charge in [0.05, 0.1) is 0 Å². The van der Waals surface area contributed by atoms with E-state index in [1.807, 2.05) is 0 Å². The van der Waals surface area contributed by atoms with Crippen LogP contribution in [0.1, 0.15) is 31.3 Å². The highest BCUT2D eigenvalue weighted by Crippen LogP contribution is 2.20. The molecule has 1 aromatic rings. The molecule has 0 radical (unpaired) electrons. The monoisotopic (exact) mass is 249 g/mol. The lowest BCUT2D eigenvalue weighted by atomic mass is 10.2. The maximum atomic E-state index is 12.2. The van der Waals surface area contributed by atoms with Crippen molar-refractivity contribution in [3.63, 3.8) is 0 Å². The first-order valence-corrected chi connectivity index (χ1v) is 5.04. The van der Waals surface area contributed by atoms with E-state index >= 15 is 0 Å². The van der Waals surface area contributed by atoms with Crippen molar-refractivity contribution in [3.05, 3.63) is 24.0 Å². The molecule has 96 valence electrons. The van der Waals surface area contributed by atoms with Gasteiger partial charge >= 0.3 is 12.1 Å². The minimum Gasteiger partial charge on any atom is -0.455 e. The number of alkyl halides is 3. The summed E-state index contributed by atoms with van der Waals surface area (Å²) in [5, 5.41) is 0. The molecule has 0 atom stereocenters. The van der Waals surface area contributed by atoms with E-state index in [0.717, 1.165) is 4.57 Å². The molecular weight excluding hydrogens is 235 g/mol. The maximum absolute atomic E-state index is 12.2. The molecule has 0 fully saturated rings. The third-order valence-corrected chi connectivity index (χ3v) is 1.79. The standard InChI is InChI=1S/C11H14F3NO2/c1-10(2,3)17-9(16)8-5-4-6-15(8)7-11(12,13)14/h4-6H,7H2,1-3H3. The van der Waals surface area contributed by atoms with Crippen molar-refractivity contribution in [1.82, 2.24) is 4.57 Å². The average molecular weight is 249 g/mol. The summed E-state index contributed by atoms with van der Waals surface area (Å²) in [7, 11) is 0. The topological polar surface area (TPSA) is 31.2 Å². The number of ether oxygens (including phenoxy) is 1. The Balaban J connectivity index is 2.85. The van der Waals surface area contributed by atoms with E-state index in [2.05, 4.69) is 0 Å². The lowest BCUT2D eigenvalue weighted by molar-refractivity contribution is -0.140. The normalized spacial score (nSPS) is 12.6. The third kappa shape index (κ3) is 4.50. The summed E-state index contributed by atoms with van der Waals surface area (Å²) in [6, 6.07) is 2.69. The van der Waals surface area contributed by atoms with Gasteiger partial charge in [-0.05, 0) is 32.9 Å². The van der Waals surface area contributed by atoms with Gasteiger partial charge in [0.2, 0.25) is 0 Å². The number of aromatic nitrogens is 1. The van der Waals surface area contributed by atoms with Gasteiger partial charge in [0.1, 0.15) is 17.8 Å². The number of nitrogens with zero attached hydrogens (tertiary/aromatic N) is 1. The molecule has 1 rings (SSSR count). The van der Waals surface area contributed by atoms with Gasteiger partial charge < -0.3 is 9.30 Å². The van der Waals surface area contributed by atoms with Gasteiger partial charge in [-0.3, -0.25) is 0 Å². The summed E-state index contributed by atoms with van der Waals surface area (Å²) in [6.45, 7) is 3.76. The van der Waals surface area contributed by atoms with Crippen LogP contribution in [0, 0.1) is 0 Å². The van der Waals surface area contributed by atoms with Gasteiger partial charge in [-0.2, -0.15) is 13.2 Å². The summed E-state index contributed by atoms with van der Waals surface area (Å²) in [6.07, 6.45) is -3.16. The van der Waals surface area contributed by atoms with Gasteiger partial charge in [0.25, 0.3) is 0 Å². The molecule has 0 aliphatic heterocycles. The molecule has 1 heterocycles. The fourth-order valence-corrected chi connectivity index (χ4v) is 1.26. The summed E-state index contributed by atoms with van der Waals surface area (Å²) in [5.41, 5.74) is -0.831. The van der Waals surface area contributed by atoms with Crippen LogP contribution in [-0.4, -0.2) is 22.3 Å². The van der Waals surface area contributed by atoms with Gasteiger partial charge in [-0.1, -0.05) is 0 Å². The zero-order chi connectivity index (χ0) is 13.3. The molecule has 0 aliphatic carbocycles. The van der Waals surface area contributed by atoms with Crippen LogP contribution in [0.2, 0.25) is 0 Å². The summed E-state index contributed by atoms with van der Waals surface area (Å²) in [5.74, 6) is -0.758. The molecule has 0 amide bonds. The number of hydrogen-bond donors (Lipinski definition) is 0. The molecule has 1 aromatic heterocycles. The lowest BCUT2D eigenvalue weighted by Gasteiger charge is -2.20. The second-order valence-corrected chi connectivity index (χ2v) is 4.64. The second kappa shape index (κ2) is 4.43. The largest absolute Gasteiger partial charge is 0.455 e. The minimum atomic E-state index is -4.37. The van der Waals surface area contributed by atoms with Crippen LogP contribution < -0.4 is 0 Å². The zero-order valence-electron chi connectivity index (χ0n) is 9.84. The lowest BCUT2D eigenvalue weighted by Crippen LogP contribution is -2.27. The summed E-state index contributed by atoms with van der Waals surface area (Å²) >= 11 is 0. The first-order chi connectivity index (χ1) is 7.58. The molecule has 3 nitrogen and oxygen atoms in total. The molecular formula is C11H14F3NO2. The fourth-order valence-electron chi connectivity index (χ4n) is 1.26. The smallest absolute Gasteiger partial charge is 0.406 e. The Morgan fingerprint density at radius 2 is 1.94 bits per heavy atom. The van der Waals surface area contributed by atoms with Crippen molar-refractivity contribution in [1.29, 1.82) is 0 Å². The Morgan fingerprint density at radius 1 is 1.35 bits per heavy atom. The first kappa shape index (κ1) is 13.6. The van der Waals surface area contributed by atoms with Gasteiger partial charge in [-0.25, -0.2) is 4.79 Å². The Hall–Kier alpha value is -1.46. The minimum absolute atomic E-state index is 0.0998. The molecule has 0 N–H and O–H groups in total. The first-order valence-electron chi connectivity index (χ1n) is 5.04. The number of carbonyl (C=O) groups is 1. The van der Waals surface area contributed by atoms with Crippen molar-refractivity contribution >= 4 is 5.97 Å². The highest BCUT2D eigenvalue weighted by Gasteiger charge is 2.30. The predicted molar refractivity (Wildman–Crippen MR) is 55.7 cm³/mol. The number of esters is 1. The Bertz CT molecular complexity index is 402. The molecule has 0 bridgehead atoms. The van der Waals surface area contributed by atoms with E-state index < -0.39 is 24.3 Å². The highest BCUT2D eigenvalue weighted by atomic mass is 19.4. The Kier molecular flexibility index (Phi) is 3.54. The molecule has 0 spiro atoms. The van der Waals surface area contributed by atoms with Gasteiger partial charge in [-0.15, -0.1) is 0 Å². The predicted octanol–water partition coefficient (Wildman–Crippen LogP) is 3.01. The summed E-state index contributed by atoms with van der Waals surface area (Å²) in [4.78, 5) is 11.6. The summed E-state index contributed by atoms with van der Waals surface area (Å²) < 4.78 is 42.5. The van der Waals surface area contributed by atoms with E-state index in [0.29, 0.717) is 0 Å². The van der Waals surface area contributed by atoms with Crippen LogP contribution in [0.4, 0.5) is 13.2 Å². The average Bonchev–Trinajstić information content (AvgIpc) is 2.45. The zero-order valence-corrected chi connectivity index (χ0v) is 9.84. The molecule has 17 heavy (non-hydrogen) atoms. The highest BCUT2D eigenvalue weighted by molar-refractivity contribution is 5.88. The SMILES string of the molecule is CC(C)(C)OC(=O)c1cccn1CC(F)(F)F. The quantitative estimate of drug-likeness (QED) is 0.754. The Morgan fingerprint density at radius 3 is 2.41 bits per heavy atom. The van der Waals surface area contributed by atoms with Crippen molar-refractivity contribution in [2.45, 2.75) is 39.1 Å². The molecule has 6 heteroatoms. The van der Waals surface area contributed by atoms with Crippen LogP contribution >= 0.6 is 0 Å². The van der Waals surface area contributed by atoms with E-state index in [1.54, 1.807) is 20.8 Å².